The highest BCUT2D eigenvalue weighted by atomic mass is 32.2. The van der Waals surface area contributed by atoms with E-state index in [4.69, 9.17) is 4.98 Å². The number of aromatic nitrogens is 2. The molecule has 2 N–H and O–H groups in total. The van der Waals surface area contributed by atoms with Crippen molar-refractivity contribution in [2.75, 3.05) is 35.7 Å². The molecule has 0 aromatic carbocycles. The zero-order valence-electron chi connectivity index (χ0n) is 13.0. The van der Waals surface area contributed by atoms with Gasteiger partial charge in [0.15, 0.2) is 0 Å². The summed E-state index contributed by atoms with van der Waals surface area (Å²) in [5.41, 5.74) is 1.13. The summed E-state index contributed by atoms with van der Waals surface area (Å²) < 4.78 is 0. The van der Waals surface area contributed by atoms with Gasteiger partial charge in [-0.3, -0.25) is 0 Å². The largest absolute Gasteiger partial charge is 0.370 e. The van der Waals surface area contributed by atoms with E-state index in [0.717, 1.165) is 36.1 Å². The van der Waals surface area contributed by atoms with Crippen LogP contribution in [0.1, 0.15) is 44.0 Å². The average Bonchev–Trinajstić information content (AvgIpc) is 3.24. The van der Waals surface area contributed by atoms with E-state index >= 15 is 0 Å². The highest BCUT2D eigenvalue weighted by molar-refractivity contribution is 7.98. The van der Waals surface area contributed by atoms with E-state index in [9.17, 15) is 0 Å². The summed E-state index contributed by atoms with van der Waals surface area (Å²) in [7, 11) is 0. The Morgan fingerprint density at radius 3 is 2.45 bits per heavy atom. The molecule has 1 unspecified atom stereocenters. The Kier molecular flexibility index (Phi) is 5.52. The van der Waals surface area contributed by atoms with Crippen molar-refractivity contribution in [1.29, 1.82) is 0 Å². The Bertz CT molecular complexity index is 446. The fraction of sp³-hybridized carbons (Fsp3) is 0.733. The number of rotatable bonds is 8. The van der Waals surface area contributed by atoms with Gasteiger partial charge in [-0.15, -0.1) is 0 Å². The van der Waals surface area contributed by atoms with E-state index in [1.54, 1.807) is 0 Å². The summed E-state index contributed by atoms with van der Waals surface area (Å²) in [6.07, 6.45) is 4.62. The molecule has 1 fully saturated rings. The van der Waals surface area contributed by atoms with Gasteiger partial charge in [0.1, 0.15) is 17.5 Å². The molecule has 5 heteroatoms. The minimum atomic E-state index is 0.581. The van der Waals surface area contributed by atoms with Crippen LogP contribution in [0.15, 0.2) is 0 Å². The summed E-state index contributed by atoms with van der Waals surface area (Å²) in [5, 5.41) is 6.87. The predicted octanol–water partition coefficient (Wildman–Crippen LogP) is 3.51. The van der Waals surface area contributed by atoms with Crippen molar-refractivity contribution in [3.63, 3.8) is 0 Å². The maximum absolute atomic E-state index is 4.74. The third kappa shape index (κ3) is 4.01. The van der Waals surface area contributed by atoms with Gasteiger partial charge in [0.05, 0.1) is 0 Å². The van der Waals surface area contributed by atoms with Gasteiger partial charge < -0.3 is 10.6 Å². The molecule has 1 aromatic rings. The second kappa shape index (κ2) is 7.16. The molecule has 112 valence electrons. The molecule has 1 heterocycles. The van der Waals surface area contributed by atoms with Crippen molar-refractivity contribution in [2.45, 2.75) is 39.5 Å². The lowest BCUT2D eigenvalue weighted by Crippen LogP contribution is -2.17. The molecule has 20 heavy (non-hydrogen) atoms. The monoisotopic (exact) mass is 294 g/mol. The van der Waals surface area contributed by atoms with Gasteiger partial charge >= 0.3 is 0 Å². The number of nitrogens with one attached hydrogen (secondary N) is 2. The molecular weight excluding hydrogens is 268 g/mol. The molecule has 1 aliphatic rings. The summed E-state index contributed by atoms with van der Waals surface area (Å²) in [4.78, 5) is 9.42. The second-order valence-corrected chi connectivity index (χ2v) is 6.56. The van der Waals surface area contributed by atoms with Crippen LogP contribution in [-0.4, -0.2) is 35.1 Å². The van der Waals surface area contributed by atoms with Crippen molar-refractivity contribution < 1.29 is 0 Å². The minimum absolute atomic E-state index is 0.581. The molecule has 1 atom stereocenters. The third-order valence-corrected chi connectivity index (χ3v) is 4.42. The van der Waals surface area contributed by atoms with E-state index < -0.39 is 0 Å². The number of nitrogens with zero attached hydrogens (tertiary/aromatic N) is 2. The lowest BCUT2D eigenvalue weighted by molar-refractivity contribution is 0.697. The number of anilines is 2. The first kappa shape index (κ1) is 15.4. The fourth-order valence-electron chi connectivity index (χ4n) is 2.18. The van der Waals surface area contributed by atoms with Crippen LogP contribution in [0.5, 0.6) is 0 Å². The van der Waals surface area contributed by atoms with Gasteiger partial charge in [-0.25, -0.2) is 9.97 Å². The van der Waals surface area contributed by atoms with Gasteiger partial charge in [-0.1, -0.05) is 6.92 Å². The first-order valence-electron chi connectivity index (χ1n) is 7.50. The van der Waals surface area contributed by atoms with E-state index in [-0.39, 0.29) is 0 Å². The van der Waals surface area contributed by atoms with Gasteiger partial charge in [0, 0.05) is 24.6 Å². The molecule has 1 aliphatic carbocycles. The highest BCUT2D eigenvalue weighted by Crippen LogP contribution is 2.39. The summed E-state index contributed by atoms with van der Waals surface area (Å²) in [5.74, 6) is 5.40. The number of thioether (sulfide) groups is 1. The SMILES string of the molecule is CCNc1nc(C2CC2)nc(NCC(C)CSC)c1C. The van der Waals surface area contributed by atoms with Crippen LogP contribution >= 0.6 is 11.8 Å². The predicted molar refractivity (Wildman–Crippen MR) is 88.9 cm³/mol. The summed E-state index contributed by atoms with van der Waals surface area (Å²) in [6.45, 7) is 8.33. The second-order valence-electron chi connectivity index (χ2n) is 5.65. The topological polar surface area (TPSA) is 49.8 Å². The molecule has 1 saturated carbocycles. The Morgan fingerprint density at radius 1 is 1.25 bits per heavy atom. The van der Waals surface area contributed by atoms with Gasteiger partial charge in [-0.05, 0) is 44.6 Å². The first-order chi connectivity index (χ1) is 9.65. The molecule has 1 aromatic heterocycles. The first-order valence-corrected chi connectivity index (χ1v) is 8.90. The Morgan fingerprint density at radius 2 is 1.90 bits per heavy atom. The van der Waals surface area contributed by atoms with Crippen LogP contribution in [0, 0.1) is 12.8 Å². The van der Waals surface area contributed by atoms with Crippen molar-refractivity contribution in [2.24, 2.45) is 5.92 Å². The van der Waals surface area contributed by atoms with E-state index in [1.165, 1.54) is 18.6 Å². The summed E-state index contributed by atoms with van der Waals surface area (Å²) in [6, 6.07) is 0. The highest BCUT2D eigenvalue weighted by Gasteiger charge is 2.28. The van der Waals surface area contributed by atoms with Crippen LogP contribution in [0.3, 0.4) is 0 Å². The van der Waals surface area contributed by atoms with Crippen molar-refractivity contribution in [3.05, 3.63) is 11.4 Å². The van der Waals surface area contributed by atoms with E-state index in [2.05, 4.69) is 42.6 Å². The van der Waals surface area contributed by atoms with Gasteiger partial charge in [-0.2, -0.15) is 11.8 Å². The van der Waals surface area contributed by atoms with E-state index in [0.29, 0.717) is 11.8 Å². The smallest absolute Gasteiger partial charge is 0.136 e. The van der Waals surface area contributed by atoms with Gasteiger partial charge in [0.25, 0.3) is 0 Å². The van der Waals surface area contributed by atoms with Crippen molar-refractivity contribution in [3.8, 4) is 0 Å². The lowest BCUT2D eigenvalue weighted by Gasteiger charge is -2.16. The Labute approximate surface area is 126 Å². The minimum Gasteiger partial charge on any atom is -0.370 e. The van der Waals surface area contributed by atoms with Crippen LogP contribution in [0.25, 0.3) is 0 Å². The molecule has 2 rings (SSSR count). The van der Waals surface area contributed by atoms with Crippen LogP contribution < -0.4 is 10.6 Å². The zero-order chi connectivity index (χ0) is 14.5. The van der Waals surface area contributed by atoms with Gasteiger partial charge in [0.2, 0.25) is 0 Å². The van der Waals surface area contributed by atoms with E-state index in [1.807, 2.05) is 11.8 Å². The standard InChI is InChI=1S/C15H26N4S/c1-5-16-13-11(3)14(17-8-10(2)9-20-4)19-15(18-13)12-6-7-12/h10,12H,5-9H2,1-4H3,(H2,16,17,18,19). The quantitative estimate of drug-likeness (QED) is 0.768. The molecule has 0 bridgehead atoms. The average molecular weight is 294 g/mol. The number of hydrogen-bond acceptors (Lipinski definition) is 5. The third-order valence-electron chi connectivity index (χ3n) is 3.52. The van der Waals surface area contributed by atoms with Crippen molar-refractivity contribution >= 4 is 23.4 Å². The molecule has 4 nitrogen and oxygen atoms in total. The molecule has 0 saturated heterocycles. The van der Waals surface area contributed by atoms with Crippen LogP contribution in [0.4, 0.5) is 11.6 Å². The molecule has 0 aliphatic heterocycles. The normalized spacial score (nSPS) is 16.0. The molecule has 0 amide bonds. The Balaban J connectivity index is 2.12. The lowest BCUT2D eigenvalue weighted by atomic mass is 10.2. The van der Waals surface area contributed by atoms with Crippen molar-refractivity contribution in [1.82, 2.24) is 9.97 Å². The van der Waals surface area contributed by atoms with Crippen LogP contribution in [0.2, 0.25) is 0 Å². The maximum Gasteiger partial charge on any atom is 0.136 e. The zero-order valence-corrected chi connectivity index (χ0v) is 13.8. The maximum atomic E-state index is 4.74. The number of hydrogen-bond donors (Lipinski definition) is 2. The molecule has 0 spiro atoms. The molecule has 0 radical (unpaired) electrons. The molecular formula is C15H26N4S. The Hall–Kier alpha value is -0.970. The fourth-order valence-corrected chi connectivity index (χ4v) is 2.87. The van der Waals surface area contributed by atoms with Crippen LogP contribution in [-0.2, 0) is 0 Å². The summed E-state index contributed by atoms with van der Waals surface area (Å²) >= 11 is 1.89.